The van der Waals surface area contributed by atoms with Gasteiger partial charge in [0.05, 0.1) is 11.3 Å². The third-order valence-electron chi connectivity index (χ3n) is 3.22. The van der Waals surface area contributed by atoms with Gasteiger partial charge in [-0.2, -0.15) is 5.10 Å². The molecule has 0 radical (unpaired) electrons. The number of rotatable bonds is 3. The van der Waals surface area contributed by atoms with E-state index in [1.165, 1.54) is 0 Å². The van der Waals surface area contributed by atoms with Gasteiger partial charge in [-0.15, -0.1) is 0 Å². The van der Waals surface area contributed by atoms with Crippen LogP contribution in [0.3, 0.4) is 0 Å². The minimum Gasteiger partial charge on any atom is -0.378 e. The van der Waals surface area contributed by atoms with Crippen molar-refractivity contribution in [3.8, 4) is 0 Å². The van der Waals surface area contributed by atoms with Crippen molar-refractivity contribution in [1.29, 1.82) is 0 Å². The van der Waals surface area contributed by atoms with Crippen molar-refractivity contribution in [3.63, 3.8) is 0 Å². The first kappa shape index (κ1) is 10.6. The number of ether oxygens (including phenoxy) is 1. The van der Waals surface area contributed by atoms with Gasteiger partial charge in [-0.3, -0.25) is 4.68 Å². The molecule has 4 nitrogen and oxygen atoms in total. The molecular formula is C11H19N3O. The van der Waals surface area contributed by atoms with E-state index < -0.39 is 0 Å². The lowest BCUT2D eigenvalue weighted by molar-refractivity contribution is -0.0341. The van der Waals surface area contributed by atoms with Gasteiger partial charge in [0.25, 0.3) is 0 Å². The second kappa shape index (κ2) is 4.33. The summed E-state index contributed by atoms with van der Waals surface area (Å²) in [5.74, 6) is 0. The number of nitrogens with zero attached hydrogens (tertiary/aromatic N) is 2. The van der Waals surface area contributed by atoms with Gasteiger partial charge < -0.3 is 10.1 Å². The van der Waals surface area contributed by atoms with Gasteiger partial charge >= 0.3 is 0 Å². The molecular weight excluding hydrogens is 190 g/mol. The van der Waals surface area contributed by atoms with Crippen molar-refractivity contribution in [2.75, 3.05) is 20.2 Å². The number of aromatic nitrogens is 2. The fraction of sp³-hybridized carbons (Fsp3) is 0.727. The Balaban J connectivity index is 2.06. The molecule has 0 atom stereocenters. The molecule has 1 saturated heterocycles. The van der Waals surface area contributed by atoms with Crippen LogP contribution in [0.2, 0.25) is 0 Å². The van der Waals surface area contributed by atoms with Crippen LogP contribution in [-0.4, -0.2) is 35.6 Å². The van der Waals surface area contributed by atoms with Gasteiger partial charge in [-0.1, -0.05) is 0 Å². The van der Waals surface area contributed by atoms with Gasteiger partial charge in [0.2, 0.25) is 0 Å². The van der Waals surface area contributed by atoms with Crippen molar-refractivity contribution in [2.24, 2.45) is 7.05 Å². The maximum absolute atomic E-state index is 5.70. The molecule has 4 heteroatoms. The standard InChI is InChI=1S/C11H19N3O/c1-14-8-3-10(13-14)9-11(15-2)4-6-12-7-5-11/h3,8,12H,4-7,9H2,1-2H3. The Labute approximate surface area is 90.6 Å². The van der Waals surface area contributed by atoms with E-state index in [2.05, 4.69) is 16.5 Å². The molecule has 0 aromatic carbocycles. The van der Waals surface area contributed by atoms with Crippen molar-refractivity contribution in [3.05, 3.63) is 18.0 Å². The number of hydrogen-bond acceptors (Lipinski definition) is 3. The van der Waals surface area contributed by atoms with Crippen LogP contribution in [0.1, 0.15) is 18.5 Å². The monoisotopic (exact) mass is 209 g/mol. The second-order valence-electron chi connectivity index (χ2n) is 4.29. The highest BCUT2D eigenvalue weighted by atomic mass is 16.5. The van der Waals surface area contributed by atoms with E-state index in [-0.39, 0.29) is 5.60 Å². The van der Waals surface area contributed by atoms with Crippen molar-refractivity contribution < 1.29 is 4.74 Å². The van der Waals surface area contributed by atoms with Crippen LogP contribution in [0.5, 0.6) is 0 Å². The topological polar surface area (TPSA) is 39.1 Å². The molecule has 1 aromatic rings. The predicted octanol–water partition coefficient (Wildman–Crippen LogP) is 0.731. The Kier molecular flexibility index (Phi) is 3.07. The van der Waals surface area contributed by atoms with Gasteiger partial charge in [-0.25, -0.2) is 0 Å². The van der Waals surface area contributed by atoms with E-state index in [1.807, 2.05) is 25.0 Å². The van der Waals surface area contributed by atoms with Crippen molar-refractivity contribution >= 4 is 0 Å². The van der Waals surface area contributed by atoms with Gasteiger partial charge in [0, 0.05) is 26.8 Å². The van der Waals surface area contributed by atoms with Crippen LogP contribution < -0.4 is 5.32 Å². The molecule has 1 fully saturated rings. The summed E-state index contributed by atoms with van der Waals surface area (Å²) in [6, 6.07) is 2.07. The highest BCUT2D eigenvalue weighted by Gasteiger charge is 2.32. The summed E-state index contributed by atoms with van der Waals surface area (Å²) >= 11 is 0. The van der Waals surface area contributed by atoms with Crippen LogP contribution in [0.15, 0.2) is 12.3 Å². The SMILES string of the molecule is COC1(Cc2ccn(C)n2)CCNCC1. The molecule has 1 aromatic heterocycles. The summed E-state index contributed by atoms with van der Waals surface area (Å²) < 4.78 is 7.55. The molecule has 1 N–H and O–H groups in total. The molecule has 0 aliphatic carbocycles. The van der Waals surface area contributed by atoms with Crippen LogP contribution >= 0.6 is 0 Å². The zero-order chi connectivity index (χ0) is 10.7. The molecule has 0 spiro atoms. The molecule has 1 aliphatic heterocycles. The Hall–Kier alpha value is -0.870. The minimum atomic E-state index is -0.000394. The van der Waals surface area contributed by atoms with Gasteiger partial charge in [0.1, 0.15) is 0 Å². The van der Waals surface area contributed by atoms with Crippen LogP contribution in [0, 0.1) is 0 Å². The minimum absolute atomic E-state index is 0.000394. The lowest BCUT2D eigenvalue weighted by Gasteiger charge is -2.35. The molecule has 0 saturated carbocycles. The van der Waals surface area contributed by atoms with Crippen molar-refractivity contribution in [1.82, 2.24) is 15.1 Å². The average Bonchev–Trinajstić information content (AvgIpc) is 2.65. The lowest BCUT2D eigenvalue weighted by atomic mass is 9.87. The summed E-state index contributed by atoms with van der Waals surface area (Å²) in [6.45, 7) is 2.08. The summed E-state index contributed by atoms with van der Waals surface area (Å²) in [6.07, 6.45) is 5.05. The lowest BCUT2D eigenvalue weighted by Crippen LogP contribution is -2.45. The Morgan fingerprint density at radius 3 is 2.80 bits per heavy atom. The predicted molar refractivity (Wildman–Crippen MR) is 58.8 cm³/mol. The maximum Gasteiger partial charge on any atom is 0.0758 e. The van der Waals surface area contributed by atoms with Crippen molar-refractivity contribution in [2.45, 2.75) is 24.9 Å². The molecule has 84 valence electrons. The number of nitrogens with one attached hydrogen (secondary N) is 1. The van der Waals surface area contributed by atoms with E-state index in [0.29, 0.717) is 0 Å². The quantitative estimate of drug-likeness (QED) is 0.797. The van der Waals surface area contributed by atoms with Gasteiger partial charge in [-0.05, 0) is 32.0 Å². The molecule has 15 heavy (non-hydrogen) atoms. The molecule has 1 aliphatic rings. The highest BCUT2D eigenvalue weighted by Crippen LogP contribution is 2.26. The van der Waals surface area contributed by atoms with E-state index in [0.717, 1.165) is 38.0 Å². The Bertz CT molecular complexity index is 315. The van der Waals surface area contributed by atoms with Gasteiger partial charge in [0.15, 0.2) is 0 Å². The van der Waals surface area contributed by atoms with Crippen LogP contribution in [0.25, 0.3) is 0 Å². The smallest absolute Gasteiger partial charge is 0.0758 e. The number of aryl methyl sites for hydroxylation is 1. The van der Waals surface area contributed by atoms with E-state index >= 15 is 0 Å². The Morgan fingerprint density at radius 1 is 1.53 bits per heavy atom. The Morgan fingerprint density at radius 2 is 2.27 bits per heavy atom. The fourth-order valence-electron chi connectivity index (χ4n) is 2.22. The molecule has 0 unspecified atom stereocenters. The number of methoxy groups -OCH3 is 1. The maximum atomic E-state index is 5.70. The van der Waals surface area contributed by atoms with Crippen LogP contribution in [0.4, 0.5) is 0 Å². The average molecular weight is 209 g/mol. The first-order chi connectivity index (χ1) is 7.24. The third kappa shape index (κ3) is 2.38. The molecule has 0 amide bonds. The molecule has 0 bridgehead atoms. The summed E-state index contributed by atoms with van der Waals surface area (Å²) in [7, 11) is 3.76. The van der Waals surface area contributed by atoms with Crippen LogP contribution in [-0.2, 0) is 18.2 Å². The fourth-order valence-corrected chi connectivity index (χ4v) is 2.22. The zero-order valence-electron chi connectivity index (χ0n) is 9.49. The normalized spacial score (nSPS) is 20.4. The zero-order valence-corrected chi connectivity index (χ0v) is 9.49. The largest absolute Gasteiger partial charge is 0.378 e. The summed E-state index contributed by atoms with van der Waals surface area (Å²) in [5.41, 5.74) is 1.13. The number of piperidine rings is 1. The first-order valence-corrected chi connectivity index (χ1v) is 5.48. The van der Waals surface area contributed by atoms with E-state index in [4.69, 9.17) is 4.74 Å². The van der Waals surface area contributed by atoms with E-state index in [1.54, 1.807) is 0 Å². The first-order valence-electron chi connectivity index (χ1n) is 5.48. The third-order valence-corrected chi connectivity index (χ3v) is 3.22. The highest BCUT2D eigenvalue weighted by molar-refractivity contribution is 5.05. The molecule has 2 heterocycles. The van der Waals surface area contributed by atoms with E-state index in [9.17, 15) is 0 Å². The number of hydrogen-bond donors (Lipinski definition) is 1. The summed E-state index contributed by atoms with van der Waals surface area (Å²) in [5, 5.41) is 7.77. The molecule has 2 rings (SSSR count). The summed E-state index contributed by atoms with van der Waals surface area (Å²) in [4.78, 5) is 0. The second-order valence-corrected chi connectivity index (χ2v) is 4.29.